The van der Waals surface area contributed by atoms with E-state index in [1.165, 1.54) is 12.1 Å². The van der Waals surface area contributed by atoms with Crippen molar-refractivity contribution in [3.8, 4) is 11.5 Å². The van der Waals surface area contributed by atoms with Gasteiger partial charge in [-0.1, -0.05) is 50.1 Å². The highest BCUT2D eigenvalue weighted by molar-refractivity contribution is 5.94. The van der Waals surface area contributed by atoms with Gasteiger partial charge in [0.25, 0.3) is 0 Å². The fraction of sp³-hybridized carbons (Fsp3) is 0.316. The van der Waals surface area contributed by atoms with Gasteiger partial charge < -0.3 is 14.9 Å². The molecule has 0 aliphatic rings. The van der Waals surface area contributed by atoms with Gasteiger partial charge in [-0.2, -0.15) is 0 Å². The van der Waals surface area contributed by atoms with Crippen molar-refractivity contribution in [1.29, 1.82) is 0 Å². The highest BCUT2D eigenvalue weighted by Gasteiger charge is 2.19. The largest absolute Gasteiger partial charge is 0.508 e. The van der Waals surface area contributed by atoms with Crippen LogP contribution in [0.15, 0.2) is 42.5 Å². The number of aromatic hydroxyl groups is 2. The Hall–Kier alpha value is -2.49. The first-order valence-electron chi connectivity index (χ1n) is 7.87. The van der Waals surface area contributed by atoms with E-state index in [1.54, 1.807) is 0 Å². The quantitative estimate of drug-likeness (QED) is 0.594. The van der Waals surface area contributed by atoms with Crippen molar-refractivity contribution in [1.82, 2.24) is 0 Å². The molecule has 2 N–H and O–H groups in total. The van der Waals surface area contributed by atoms with Crippen LogP contribution in [-0.4, -0.2) is 16.2 Å². The summed E-state index contributed by atoms with van der Waals surface area (Å²) in [6.07, 6.45) is 3.58. The predicted molar refractivity (Wildman–Crippen MR) is 88.6 cm³/mol. The molecule has 0 aliphatic heterocycles. The first-order valence-corrected chi connectivity index (χ1v) is 7.87. The van der Waals surface area contributed by atoms with Crippen LogP contribution in [0.2, 0.25) is 0 Å². The minimum absolute atomic E-state index is 0.0476. The maximum Gasteiger partial charge on any atom is 0.342 e. The average Bonchev–Trinajstić information content (AvgIpc) is 2.53. The van der Waals surface area contributed by atoms with E-state index in [9.17, 15) is 15.0 Å². The lowest BCUT2D eigenvalue weighted by atomic mass is 10.00. The Kier molecular flexibility index (Phi) is 6.03. The zero-order valence-corrected chi connectivity index (χ0v) is 13.3. The fourth-order valence-corrected chi connectivity index (χ4v) is 2.46. The molecule has 0 aromatic heterocycles. The molecule has 0 spiro atoms. The van der Waals surface area contributed by atoms with Gasteiger partial charge in [0.05, 0.1) is 0 Å². The van der Waals surface area contributed by atoms with Crippen molar-refractivity contribution in [3.63, 3.8) is 0 Å². The van der Waals surface area contributed by atoms with Crippen LogP contribution >= 0.6 is 0 Å². The molecule has 0 amide bonds. The number of esters is 1. The summed E-state index contributed by atoms with van der Waals surface area (Å²) in [6.45, 7) is 2.24. The van der Waals surface area contributed by atoms with Crippen molar-refractivity contribution in [2.24, 2.45) is 0 Å². The number of aryl methyl sites for hydroxylation is 1. The van der Waals surface area contributed by atoms with E-state index in [-0.39, 0.29) is 23.7 Å². The zero-order chi connectivity index (χ0) is 16.7. The summed E-state index contributed by atoms with van der Waals surface area (Å²) >= 11 is 0. The molecule has 0 saturated carbocycles. The number of benzene rings is 2. The second-order valence-electron chi connectivity index (χ2n) is 5.52. The first kappa shape index (κ1) is 16.9. The molecule has 0 aliphatic carbocycles. The first-order chi connectivity index (χ1) is 11.1. The minimum atomic E-state index is -0.571. The molecule has 2 aromatic rings. The number of phenols is 2. The van der Waals surface area contributed by atoms with Crippen molar-refractivity contribution in [3.05, 3.63) is 59.2 Å². The molecule has 0 saturated heterocycles. The van der Waals surface area contributed by atoms with Crippen molar-refractivity contribution >= 4 is 5.97 Å². The number of ether oxygens (including phenoxy) is 1. The predicted octanol–water partition coefficient (Wildman–Crippen LogP) is 4.19. The van der Waals surface area contributed by atoms with Crippen molar-refractivity contribution in [2.45, 2.75) is 39.2 Å². The Balaban J connectivity index is 2.14. The highest BCUT2D eigenvalue weighted by Crippen LogP contribution is 2.29. The Labute approximate surface area is 136 Å². The second kappa shape index (κ2) is 8.22. The zero-order valence-electron chi connectivity index (χ0n) is 13.3. The number of rotatable bonds is 7. The van der Waals surface area contributed by atoms with Gasteiger partial charge in [0, 0.05) is 6.07 Å². The number of phenolic OH excluding ortho intramolecular Hbond substituents is 2. The molecule has 2 aromatic carbocycles. The summed E-state index contributed by atoms with van der Waals surface area (Å²) in [5, 5.41) is 19.7. The third-order valence-electron chi connectivity index (χ3n) is 3.65. The van der Waals surface area contributed by atoms with Gasteiger partial charge in [-0.15, -0.1) is 0 Å². The molecule has 4 nitrogen and oxygen atoms in total. The molecule has 2 rings (SSSR count). The van der Waals surface area contributed by atoms with Crippen LogP contribution in [0.1, 0.15) is 47.7 Å². The van der Waals surface area contributed by atoms with Crippen LogP contribution in [0.3, 0.4) is 0 Å². The second-order valence-corrected chi connectivity index (χ2v) is 5.52. The van der Waals surface area contributed by atoms with Gasteiger partial charge in [0.2, 0.25) is 0 Å². The van der Waals surface area contributed by atoms with Crippen LogP contribution < -0.4 is 0 Å². The Bertz CT molecular complexity index is 650. The van der Waals surface area contributed by atoms with E-state index in [2.05, 4.69) is 6.92 Å². The third kappa shape index (κ3) is 4.74. The Morgan fingerprint density at radius 1 is 1.09 bits per heavy atom. The topological polar surface area (TPSA) is 66.8 Å². The minimum Gasteiger partial charge on any atom is -0.508 e. The summed E-state index contributed by atoms with van der Waals surface area (Å²) in [6, 6.07) is 12.1. The van der Waals surface area contributed by atoms with Crippen LogP contribution in [0.4, 0.5) is 0 Å². The molecule has 0 heterocycles. The molecule has 122 valence electrons. The summed E-state index contributed by atoms with van der Waals surface area (Å²) in [5.74, 6) is -0.860. The maximum atomic E-state index is 12.3. The number of carbonyl (C=O) groups excluding carboxylic acids is 1. The lowest BCUT2D eigenvalue weighted by Crippen LogP contribution is -2.09. The standard InChI is InChI=1S/C19H22O4/c1-2-3-5-10-15-11-16(20)12-17(21)18(15)19(22)23-13-14-8-6-4-7-9-14/h4,6-9,11-12,20-21H,2-3,5,10,13H2,1H3. The van der Waals surface area contributed by atoms with E-state index < -0.39 is 5.97 Å². The van der Waals surface area contributed by atoms with Crippen molar-refractivity contribution < 1.29 is 19.7 Å². The number of carbonyl (C=O) groups is 1. The molecular formula is C19H22O4. The molecule has 0 fully saturated rings. The Morgan fingerprint density at radius 3 is 2.52 bits per heavy atom. The molecule has 23 heavy (non-hydrogen) atoms. The third-order valence-corrected chi connectivity index (χ3v) is 3.65. The molecule has 0 unspecified atom stereocenters. The van der Waals surface area contributed by atoms with Gasteiger partial charge in [-0.25, -0.2) is 4.79 Å². The summed E-state index contributed by atoms with van der Waals surface area (Å²) < 4.78 is 5.30. The smallest absolute Gasteiger partial charge is 0.342 e. The van der Waals surface area contributed by atoms with Gasteiger partial charge >= 0.3 is 5.97 Å². The number of hydrogen-bond donors (Lipinski definition) is 2. The lowest BCUT2D eigenvalue weighted by Gasteiger charge is -2.12. The van der Waals surface area contributed by atoms with Crippen LogP contribution in [-0.2, 0) is 17.8 Å². The highest BCUT2D eigenvalue weighted by atomic mass is 16.5. The van der Waals surface area contributed by atoms with Gasteiger partial charge in [-0.05, 0) is 30.0 Å². The van der Waals surface area contributed by atoms with Gasteiger partial charge in [0.15, 0.2) is 0 Å². The molecule has 0 radical (unpaired) electrons. The van der Waals surface area contributed by atoms with E-state index >= 15 is 0 Å². The van der Waals surface area contributed by atoms with Gasteiger partial charge in [0.1, 0.15) is 23.7 Å². The van der Waals surface area contributed by atoms with Gasteiger partial charge in [-0.3, -0.25) is 0 Å². The van der Waals surface area contributed by atoms with Crippen LogP contribution in [0, 0.1) is 0 Å². The molecular weight excluding hydrogens is 292 g/mol. The Morgan fingerprint density at radius 2 is 1.83 bits per heavy atom. The maximum absolute atomic E-state index is 12.3. The summed E-state index contributed by atoms with van der Waals surface area (Å²) in [5.41, 5.74) is 1.65. The van der Waals surface area contributed by atoms with Crippen LogP contribution in [0.25, 0.3) is 0 Å². The van der Waals surface area contributed by atoms with E-state index in [0.717, 1.165) is 24.8 Å². The number of unbranched alkanes of at least 4 members (excludes halogenated alkanes) is 2. The van der Waals surface area contributed by atoms with Crippen molar-refractivity contribution in [2.75, 3.05) is 0 Å². The van der Waals surface area contributed by atoms with E-state index in [4.69, 9.17) is 4.74 Å². The summed E-state index contributed by atoms with van der Waals surface area (Å²) in [4.78, 5) is 12.3. The fourth-order valence-electron chi connectivity index (χ4n) is 2.46. The molecule has 0 bridgehead atoms. The SMILES string of the molecule is CCCCCc1cc(O)cc(O)c1C(=O)OCc1ccccc1. The monoisotopic (exact) mass is 314 g/mol. The van der Waals surface area contributed by atoms with E-state index in [1.807, 2.05) is 30.3 Å². The van der Waals surface area contributed by atoms with Crippen LogP contribution in [0.5, 0.6) is 11.5 Å². The normalized spacial score (nSPS) is 10.5. The average molecular weight is 314 g/mol. The van der Waals surface area contributed by atoms with E-state index in [0.29, 0.717) is 12.0 Å². The number of hydrogen-bond acceptors (Lipinski definition) is 4. The lowest BCUT2D eigenvalue weighted by molar-refractivity contribution is 0.0468. The molecule has 0 atom stereocenters. The summed E-state index contributed by atoms with van der Waals surface area (Å²) in [7, 11) is 0. The molecule has 4 heteroatoms.